The van der Waals surface area contributed by atoms with Crippen LogP contribution in [0.5, 0.6) is 0 Å². The Hall–Kier alpha value is -3.19. The first-order valence-corrected chi connectivity index (χ1v) is 9.97. The summed E-state index contributed by atoms with van der Waals surface area (Å²) in [6, 6.07) is 12.1. The normalized spacial score (nSPS) is 15.9. The first-order valence-electron chi connectivity index (χ1n) is 9.97. The minimum atomic E-state index is -0.0730. The Morgan fingerprint density at radius 1 is 1.03 bits per heavy atom. The average molecular weight is 388 g/mol. The molecule has 0 bridgehead atoms. The number of piperidine rings is 1. The van der Waals surface area contributed by atoms with E-state index in [2.05, 4.69) is 27.3 Å². The minimum Gasteiger partial charge on any atom is -0.382 e. The molecule has 0 aliphatic carbocycles. The van der Waals surface area contributed by atoms with Crippen molar-refractivity contribution < 1.29 is 0 Å². The summed E-state index contributed by atoms with van der Waals surface area (Å²) in [4.78, 5) is 20.0. The SMILES string of the molecule is CN1CCC(Nc2ccc3c(=O)n(-c4ccc5cn(C)nc5c4)cnc3c2)CC1. The summed E-state index contributed by atoms with van der Waals surface area (Å²) >= 11 is 0. The molecule has 2 aromatic carbocycles. The molecule has 3 heterocycles. The number of aromatic nitrogens is 4. The zero-order chi connectivity index (χ0) is 20.0. The van der Waals surface area contributed by atoms with Crippen LogP contribution >= 0.6 is 0 Å². The van der Waals surface area contributed by atoms with Crippen LogP contribution in [-0.4, -0.2) is 50.4 Å². The summed E-state index contributed by atoms with van der Waals surface area (Å²) in [5.74, 6) is 0. The molecule has 148 valence electrons. The number of nitrogens with zero attached hydrogens (tertiary/aromatic N) is 5. The van der Waals surface area contributed by atoms with Gasteiger partial charge in [0.05, 0.1) is 22.1 Å². The Kier molecular flexibility index (Phi) is 4.32. The van der Waals surface area contributed by atoms with Gasteiger partial charge in [-0.3, -0.25) is 14.0 Å². The number of likely N-dealkylation sites (tertiary alicyclic amines) is 1. The third-order valence-electron chi connectivity index (χ3n) is 5.73. The highest BCUT2D eigenvalue weighted by Crippen LogP contribution is 2.20. The molecule has 1 aliphatic heterocycles. The van der Waals surface area contributed by atoms with Crippen LogP contribution in [-0.2, 0) is 7.05 Å². The van der Waals surface area contributed by atoms with Crippen LogP contribution in [0.2, 0.25) is 0 Å². The molecule has 1 N–H and O–H groups in total. The Labute approximate surface area is 168 Å². The van der Waals surface area contributed by atoms with Gasteiger partial charge in [0.15, 0.2) is 0 Å². The summed E-state index contributed by atoms with van der Waals surface area (Å²) in [5.41, 5.74) is 3.28. The van der Waals surface area contributed by atoms with Crippen LogP contribution in [0.15, 0.2) is 53.7 Å². The molecule has 29 heavy (non-hydrogen) atoms. The van der Waals surface area contributed by atoms with E-state index < -0.39 is 0 Å². The Bertz CT molecular complexity index is 1250. The van der Waals surface area contributed by atoms with Gasteiger partial charge in [-0.1, -0.05) is 0 Å². The second-order valence-corrected chi connectivity index (χ2v) is 7.92. The number of benzene rings is 2. The van der Waals surface area contributed by atoms with Gasteiger partial charge < -0.3 is 10.2 Å². The summed E-state index contributed by atoms with van der Waals surface area (Å²) < 4.78 is 3.36. The van der Waals surface area contributed by atoms with Crippen molar-refractivity contribution >= 4 is 27.5 Å². The Morgan fingerprint density at radius 3 is 2.69 bits per heavy atom. The molecule has 1 saturated heterocycles. The molecule has 0 saturated carbocycles. The maximum atomic E-state index is 13.1. The number of hydrogen-bond donors (Lipinski definition) is 1. The van der Waals surface area contributed by atoms with Crippen LogP contribution in [0.25, 0.3) is 27.5 Å². The summed E-state index contributed by atoms with van der Waals surface area (Å²) in [6.45, 7) is 2.21. The highest BCUT2D eigenvalue weighted by atomic mass is 16.1. The van der Waals surface area contributed by atoms with E-state index in [4.69, 9.17) is 0 Å². The van der Waals surface area contributed by atoms with Crippen LogP contribution in [0.4, 0.5) is 5.69 Å². The number of fused-ring (bicyclic) bond motifs is 2. The second kappa shape index (κ2) is 7.00. The fraction of sp³-hybridized carbons (Fsp3) is 0.318. The van der Waals surface area contributed by atoms with Crippen molar-refractivity contribution in [1.82, 2.24) is 24.2 Å². The molecule has 0 unspecified atom stereocenters. The van der Waals surface area contributed by atoms with Gasteiger partial charge in [0.2, 0.25) is 0 Å². The predicted octanol–water partition coefficient (Wildman–Crippen LogP) is 2.78. The lowest BCUT2D eigenvalue weighted by Gasteiger charge is -2.30. The average Bonchev–Trinajstić information content (AvgIpc) is 3.09. The smallest absolute Gasteiger partial charge is 0.265 e. The van der Waals surface area contributed by atoms with E-state index in [0.717, 1.165) is 48.2 Å². The number of nitrogens with one attached hydrogen (secondary N) is 1. The van der Waals surface area contributed by atoms with Gasteiger partial charge in [0.1, 0.15) is 6.33 Å². The van der Waals surface area contributed by atoms with Crippen LogP contribution in [0.3, 0.4) is 0 Å². The molecular weight excluding hydrogens is 364 g/mol. The lowest BCUT2D eigenvalue weighted by Crippen LogP contribution is -2.36. The summed E-state index contributed by atoms with van der Waals surface area (Å²) in [7, 11) is 4.05. The van der Waals surface area contributed by atoms with Crippen molar-refractivity contribution in [1.29, 1.82) is 0 Å². The molecule has 0 atom stereocenters. The predicted molar refractivity (Wildman–Crippen MR) is 116 cm³/mol. The molecule has 1 fully saturated rings. The monoisotopic (exact) mass is 388 g/mol. The molecule has 0 radical (unpaired) electrons. The Morgan fingerprint density at radius 2 is 1.86 bits per heavy atom. The molecule has 0 amide bonds. The van der Waals surface area contributed by atoms with Crippen LogP contribution in [0.1, 0.15) is 12.8 Å². The number of hydrogen-bond acceptors (Lipinski definition) is 5. The van der Waals surface area contributed by atoms with E-state index in [-0.39, 0.29) is 5.56 Å². The quantitative estimate of drug-likeness (QED) is 0.585. The fourth-order valence-corrected chi connectivity index (χ4v) is 4.06. The number of aryl methyl sites for hydroxylation is 1. The maximum Gasteiger partial charge on any atom is 0.265 e. The zero-order valence-corrected chi connectivity index (χ0v) is 16.7. The zero-order valence-electron chi connectivity index (χ0n) is 16.7. The van der Waals surface area contributed by atoms with Gasteiger partial charge in [-0.05, 0) is 69.4 Å². The van der Waals surface area contributed by atoms with Crippen LogP contribution in [0, 0.1) is 0 Å². The topological polar surface area (TPSA) is 68.0 Å². The summed E-state index contributed by atoms with van der Waals surface area (Å²) in [6.07, 6.45) is 5.81. The van der Waals surface area contributed by atoms with Gasteiger partial charge in [-0.25, -0.2) is 4.98 Å². The van der Waals surface area contributed by atoms with Gasteiger partial charge in [-0.2, -0.15) is 5.10 Å². The van der Waals surface area contributed by atoms with Gasteiger partial charge in [0.25, 0.3) is 5.56 Å². The first-order chi connectivity index (χ1) is 14.1. The highest BCUT2D eigenvalue weighted by Gasteiger charge is 2.16. The van der Waals surface area contributed by atoms with Crippen LogP contribution < -0.4 is 10.9 Å². The van der Waals surface area contributed by atoms with Gasteiger partial charge in [0, 0.05) is 30.4 Å². The van der Waals surface area contributed by atoms with E-state index in [1.54, 1.807) is 15.6 Å². The number of rotatable bonds is 3. The second-order valence-electron chi connectivity index (χ2n) is 7.92. The van der Waals surface area contributed by atoms with Crippen molar-refractivity contribution in [2.24, 2.45) is 7.05 Å². The first kappa shape index (κ1) is 17.9. The number of anilines is 1. The van der Waals surface area contributed by atoms with E-state index in [1.165, 1.54) is 0 Å². The minimum absolute atomic E-state index is 0.0730. The van der Waals surface area contributed by atoms with E-state index in [0.29, 0.717) is 16.9 Å². The molecule has 5 rings (SSSR count). The van der Waals surface area contributed by atoms with Crippen molar-refractivity contribution in [3.8, 4) is 5.69 Å². The third kappa shape index (κ3) is 3.38. The van der Waals surface area contributed by atoms with E-state index in [9.17, 15) is 4.79 Å². The fourth-order valence-electron chi connectivity index (χ4n) is 4.06. The van der Waals surface area contributed by atoms with Gasteiger partial charge >= 0.3 is 0 Å². The molecule has 0 spiro atoms. The highest BCUT2D eigenvalue weighted by molar-refractivity contribution is 5.83. The van der Waals surface area contributed by atoms with E-state index in [1.807, 2.05) is 49.6 Å². The molecule has 2 aromatic heterocycles. The summed E-state index contributed by atoms with van der Waals surface area (Å²) in [5, 5.41) is 9.69. The molecular formula is C22H24N6O. The standard InChI is InChI=1S/C22H24N6O/c1-26-9-7-16(8-10-26)24-17-4-6-19-21(11-17)23-14-28(22(19)29)18-5-3-15-13-27(2)25-20(15)12-18/h3-6,11-14,16,24H,7-10H2,1-2H3. The maximum absolute atomic E-state index is 13.1. The van der Waals surface area contributed by atoms with Gasteiger partial charge in [-0.15, -0.1) is 0 Å². The molecule has 1 aliphatic rings. The lowest BCUT2D eigenvalue weighted by molar-refractivity contribution is 0.264. The Balaban J connectivity index is 1.47. The van der Waals surface area contributed by atoms with Crippen molar-refractivity contribution in [2.75, 3.05) is 25.5 Å². The van der Waals surface area contributed by atoms with Crippen molar-refractivity contribution in [3.63, 3.8) is 0 Å². The van der Waals surface area contributed by atoms with Crippen molar-refractivity contribution in [2.45, 2.75) is 18.9 Å². The van der Waals surface area contributed by atoms with E-state index >= 15 is 0 Å². The van der Waals surface area contributed by atoms with Crippen molar-refractivity contribution in [3.05, 3.63) is 59.3 Å². The molecule has 4 aromatic rings. The third-order valence-corrected chi connectivity index (χ3v) is 5.73. The largest absolute Gasteiger partial charge is 0.382 e. The molecule has 7 nitrogen and oxygen atoms in total. The molecule has 7 heteroatoms. The lowest BCUT2D eigenvalue weighted by atomic mass is 10.1.